The Balaban J connectivity index is 1.29. The number of cyclic esters (lactones) is 2. The predicted molar refractivity (Wildman–Crippen MR) is 81.2 cm³/mol. The van der Waals surface area contributed by atoms with Crippen molar-refractivity contribution >= 4 is 12.1 Å². The molecule has 2 aliphatic carbocycles. The number of carbonyl (C=O) groups is 2. The van der Waals surface area contributed by atoms with Gasteiger partial charge in [-0.1, -0.05) is 18.6 Å². The number of nitrogens with zero attached hydrogens (tertiary/aromatic N) is 1. The Bertz CT molecular complexity index is 462. The highest BCUT2D eigenvalue weighted by molar-refractivity contribution is 5.79. The number of amides is 1. The molecular weight excluding hydrogens is 282 g/mol. The Morgan fingerprint density at radius 2 is 2.14 bits per heavy atom. The Hall–Kier alpha value is -1.52. The van der Waals surface area contributed by atoms with Crippen molar-refractivity contribution in [2.24, 2.45) is 17.8 Å². The second-order valence-electron chi connectivity index (χ2n) is 6.80. The number of hydrogen-bond donors (Lipinski definition) is 0. The average Bonchev–Trinajstić information content (AvgIpc) is 3.22. The molecule has 2 fully saturated rings. The van der Waals surface area contributed by atoms with E-state index in [9.17, 15) is 9.59 Å². The van der Waals surface area contributed by atoms with Crippen LogP contribution in [0.1, 0.15) is 38.5 Å². The van der Waals surface area contributed by atoms with Crippen LogP contribution in [0.15, 0.2) is 12.2 Å². The van der Waals surface area contributed by atoms with Crippen LogP contribution in [-0.4, -0.2) is 43.3 Å². The van der Waals surface area contributed by atoms with Crippen LogP contribution in [0.4, 0.5) is 4.79 Å². The quantitative estimate of drug-likeness (QED) is 0.412. The van der Waals surface area contributed by atoms with Crippen molar-refractivity contribution in [2.75, 3.05) is 20.2 Å². The lowest BCUT2D eigenvalue weighted by Gasteiger charge is -2.24. The van der Waals surface area contributed by atoms with Gasteiger partial charge in [0.25, 0.3) is 0 Å². The van der Waals surface area contributed by atoms with E-state index in [0.717, 1.165) is 38.6 Å². The fraction of sp³-hybridized carbons (Fsp3) is 0.765. The summed E-state index contributed by atoms with van der Waals surface area (Å²) in [7, 11) is 1.92. The normalized spacial score (nSPS) is 32.1. The Labute approximate surface area is 131 Å². The molecule has 1 saturated heterocycles. The number of carbonyl (C=O) groups excluding carboxylic acids is 2. The SMILES string of the molecule is CN(CCCCCC1COC(=O)O1)C(=O)C1CC2C=CC1C2. The summed E-state index contributed by atoms with van der Waals surface area (Å²) < 4.78 is 9.74. The van der Waals surface area contributed by atoms with E-state index >= 15 is 0 Å². The van der Waals surface area contributed by atoms with E-state index < -0.39 is 6.16 Å². The van der Waals surface area contributed by atoms with Crippen molar-refractivity contribution in [3.8, 4) is 0 Å². The molecule has 4 unspecified atom stereocenters. The van der Waals surface area contributed by atoms with E-state index in [-0.39, 0.29) is 12.0 Å². The molecule has 3 rings (SSSR count). The molecule has 122 valence electrons. The third-order valence-corrected chi connectivity index (χ3v) is 5.14. The molecule has 0 aromatic heterocycles. The van der Waals surface area contributed by atoms with Crippen molar-refractivity contribution in [3.63, 3.8) is 0 Å². The van der Waals surface area contributed by atoms with Gasteiger partial charge in [-0.15, -0.1) is 0 Å². The molecular formula is C17H25NO4. The first-order valence-electron chi connectivity index (χ1n) is 8.40. The molecule has 1 aliphatic heterocycles. The van der Waals surface area contributed by atoms with Crippen LogP contribution < -0.4 is 0 Å². The summed E-state index contributed by atoms with van der Waals surface area (Å²) in [4.78, 5) is 25.2. The maximum atomic E-state index is 12.5. The fourth-order valence-corrected chi connectivity index (χ4v) is 3.86. The van der Waals surface area contributed by atoms with Crippen LogP contribution in [0.3, 0.4) is 0 Å². The molecule has 5 heteroatoms. The van der Waals surface area contributed by atoms with Gasteiger partial charge in [-0.05, 0) is 43.9 Å². The molecule has 4 atom stereocenters. The topological polar surface area (TPSA) is 55.8 Å². The van der Waals surface area contributed by atoms with Gasteiger partial charge in [-0.25, -0.2) is 4.79 Å². The van der Waals surface area contributed by atoms with E-state index in [1.165, 1.54) is 6.42 Å². The average molecular weight is 307 g/mol. The maximum Gasteiger partial charge on any atom is 0.508 e. The van der Waals surface area contributed by atoms with E-state index in [1.54, 1.807) is 0 Å². The molecule has 0 radical (unpaired) electrons. The zero-order valence-corrected chi connectivity index (χ0v) is 13.2. The molecule has 0 aromatic rings. The van der Waals surface area contributed by atoms with Crippen LogP contribution >= 0.6 is 0 Å². The third kappa shape index (κ3) is 3.45. The number of unbranched alkanes of at least 4 members (excludes halogenated alkanes) is 2. The van der Waals surface area contributed by atoms with Crippen molar-refractivity contribution in [1.29, 1.82) is 0 Å². The maximum absolute atomic E-state index is 12.5. The summed E-state index contributed by atoms with van der Waals surface area (Å²) in [6.45, 7) is 1.20. The van der Waals surface area contributed by atoms with Crippen LogP contribution in [0.25, 0.3) is 0 Å². The molecule has 5 nitrogen and oxygen atoms in total. The zero-order chi connectivity index (χ0) is 15.5. The molecule has 0 N–H and O–H groups in total. The van der Waals surface area contributed by atoms with Crippen LogP contribution in [0.5, 0.6) is 0 Å². The first-order chi connectivity index (χ1) is 10.6. The number of fused-ring (bicyclic) bond motifs is 2. The first-order valence-corrected chi connectivity index (χ1v) is 8.40. The molecule has 1 amide bonds. The van der Waals surface area contributed by atoms with Gasteiger partial charge >= 0.3 is 6.16 Å². The van der Waals surface area contributed by atoms with E-state index in [0.29, 0.717) is 24.3 Å². The summed E-state index contributed by atoms with van der Waals surface area (Å²) >= 11 is 0. The summed E-state index contributed by atoms with van der Waals surface area (Å²) in [6.07, 6.45) is 9.99. The highest BCUT2D eigenvalue weighted by atomic mass is 16.8. The monoisotopic (exact) mass is 307 g/mol. The molecule has 1 saturated carbocycles. The van der Waals surface area contributed by atoms with Gasteiger partial charge in [0.2, 0.25) is 5.91 Å². The minimum Gasteiger partial charge on any atom is -0.430 e. The van der Waals surface area contributed by atoms with Crippen LogP contribution in [0.2, 0.25) is 0 Å². The van der Waals surface area contributed by atoms with Gasteiger partial charge in [-0.3, -0.25) is 4.79 Å². The van der Waals surface area contributed by atoms with Gasteiger partial charge in [-0.2, -0.15) is 0 Å². The van der Waals surface area contributed by atoms with E-state index in [1.807, 2.05) is 11.9 Å². The Kier molecular flexibility index (Phi) is 4.69. The standard InChI is InChI=1S/C17H25NO4/c1-18(16(19)15-10-12-6-7-13(15)9-12)8-4-2-3-5-14-11-21-17(20)22-14/h6-7,12-15H,2-5,8-11H2,1H3. The molecule has 22 heavy (non-hydrogen) atoms. The van der Waals surface area contributed by atoms with Crippen molar-refractivity contribution in [3.05, 3.63) is 12.2 Å². The van der Waals surface area contributed by atoms with Gasteiger partial charge in [0.1, 0.15) is 12.7 Å². The second kappa shape index (κ2) is 6.71. The summed E-state index contributed by atoms with van der Waals surface area (Å²) in [5, 5.41) is 0. The van der Waals surface area contributed by atoms with Gasteiger partial charge in [0, 0.05) is 19.5 Å². The van der Waals surface area contributed by atoms with Gasteiger partial charge in [0.05, 0.1) is 0 Å². The lowest BCUT2D eigenvalue weighted by molar-refractivity contribution is -0.135. The highest BCUT2D eigenvalue weighted by Crippen LogP contribution is 2.44. The van der Waals surface area contributed by atoms with Gasteiger partial charge in [0.15, 0.2) is 0 Å². The lowest BCUT2D eigenvalue weighted by atomic mass is 9.92. The number of rotatable bonds is 7. The van der Waals surface area contributed by atoms with Crippen LogP contribution in [-0.2, 0) is 14.3 Å². The predicted octanol–water partition coefficient (Wildman–Crippen LogP) is 2.75. The molecule has 3 aliphatic rings. The minimum atomic E-state index is -0.546. The number of hydrogen-bond acceptors (Lipinski definition) is 4. The summed E-state index contributed by atoms with van der Waals surface area (Å²) in [5.74, 6) is 1.66. The number of ether oxygens (including phenoxy) is 2. The second-order valence-corrected chi connectivity index (χ2v) is 6.80. The summed E-state index contributed by atoms with van der Waals surface area (Å²) in [5.41, 5.74) is 0. The molecule has 0 spiro atoms. The highest BCUT2D eigenvalue weighted by Gasteiger charge is 2.40. The van der Waals surface area contributed by atoms with Gasteiger partial charge < -0.3 is 14.4 Å². The number of allylic oxidation sites excluding steroid dienone is 2. The van der Waals surface area contributed by atoms with Crippen molar-refractivity contribution in [1.82, 2.24) is 4.90 Å². The fourth-order valence-electron chi connectivity index (χ4n) is 3.86. The minimum absolute atomic E-state index is 0.0762. The van der Waals surface area contributed by atoms with Crippen LogP contribution in [0, 0.1) is 17.8 Å². The molecule has 1 heterocycles. The van der Waals surface area contributed by atoms with Crippen molar-refractivity contribution < 1.29 is 19.1 Å². The zero-order valence-electron chi connectivity index (χ0n) is 13.2. The summed E-state index contributed by atoms with van der Waals surface area (Å²) in [6, 6.07) is 0. The largest absolute Gasteiger partial charge is 0.508 e. The molecule has 2 bridgehead atoms. The third-order valence-electron chi connectivity index (χ3n) is 5.14. The smallest absolute Gasteiger partial charge is 0.430 e. The Morgan fingerprint density at radius 3 is 2.77 bits per heavy atom. The van der Waals surface area contributed by atoms with E-state index in [4.69, 9.17) is 9.47 Å². The van der Waals surface area contributed by atoms with E-state index in [2.05, 4.69) is 12.2 Å². The van der Waals surface area contributed by atoms with Crippen molar-refractivity contribution in [2.45, 2.75) is 44.6 Å². The molecule has 0 aromatic carbocycles. The Morgan fingerprint density at radius 1 is 1.27 bits per heavy atom. The first kappa shape index (κ1) is 15.4. The lowest BCUT2D eigenvalue weighted by Crippen LogP contribution is -2.35.